The van der Waals surface area contributed by atoms with Crippen LogP contribution in [0.2, 0.25) is 0 Å². The molecule has 3 aromatic rings. The molecule has 1 fully saturated rings. The van der Waals surface area contributed by atoms with Crippen LogP contribution in [0, 0.1) is 0 Å². The molecule has 2 aromatic carbocycles. The van der Waals surface area contributed by atoms with Crippen LogP contribution in [-0.2, 0) is 24.9 Å². The summed E-state index contributed by atoms with van der Waals surface area (Å²) >= 11 is 1.01. The first-order valence-electron chi connectivity index (χ1n) is 9.06. The van der Waals surface area contributed by atoms with Gasteiger partial charge in [-0.15, -0.1) is 0 Å². The zero-order valence-electron chi connectivity index (χ0n) is 16.0. The van der Waals surface area contributed by atoms with E-state index < -0.39 is 4.75 Å². The van der Waals surface area contributed by atoms with Gasteiger partial charge in [-0.25, -0.2) is 4.98 Å². The van der Waals surface area contributed by atoms with Crippen molar-refractivity contribution in [2.75, 3.05) is 0 Å². The number of hydrogen-bond acceptors (Lipinski definition) is 6. The summed E-state index contributed by atoms with van der Waals surface area (Å²) in [6.45, 7) is 1.91. The maximum Gasteiger partial charge on any atom is 0.286 e. The highest BCUT2D eigenvalue weighted by Crippen LogP contribution is 2.34. The number of carbonyl (C=O) groups excluding carboxylic acids is 2. The van der Waals surface area contributed by atoms with Crippen molar-refractivity contribution in [1.29, 1.82) is 0 Å². The van der Waals surface area contributed by atoms with Gasteiger partial charge in [0, 0.05) is 7.05 Å². The van der Waals surface area contributed by atoms with Crippen molar-refractivity contribution in [3.63, 3.8) is 0 Å². The summed E-state index contributed by atoms with van der Waals surface area (Å²) < 4.78 is 6.50. The molecule has 0 bridgehead atoms. The highest BCUT2D eigenvalue weighted by Gasteiger charge is 2.43. The Morgan fingerprint density at radius 1 is 1.10 bits per heavy atom. The molecule has 0 radical (unpaired) electrons. The molecule has 1 atom stereocenters. The maximum atomic E-state index is 12.5. The van der Waals surface area contributed by atoms with Crippen LogP contribution in [-0.4, -0.2) is 25.4 Å². The molecule has 1 saturated heterocycles. The summed E-state index contributed by atoms with van der Waals surface area (Å²) in [5, 5.41) is 2.58. The average Bonchev–Trinajstić information content (AvgIpc) is 2.96. The molecule has 29 heavy (non-hydrogen) atoms. The Hall–Kier alpha value is -3.13. The van der Waals surface area contributed by atoms with E-state index in [1.165, 1.54) is 4.57 Å². The number of thioether (sulfide) groups is 1. The van der Waals surface area contributed by atoms with Crippen molar-refractivity contribution < 1.29 is 14.3 Å². The van der Waals surface area contributed by atoms with Gasteiger partial charge >= 0.3 is 0 Å². The lowest BCUT2D eigenvalue weighted by Gasteiger charge is -2.18. The number of hydrogen-bond donors (Lipinski definition) is 1. The van der Waals surface area contributed by atoms with E-state index >= 15 is 0 Å². The van der Waals surface area contributed by atoms with Gasteiger partial charge in [0.25, 0.3) is 10.8 Å². The third kappa shape index (κ3) is 3.75. The zero-order chi connectivity index (χ0) is 20.6. The number of benzene rings is 2. The van der Waals surface area contributed by atoms with E-state index in [-0.39, 0.29) is 23.3 Å². The van der Waals surface area contributed by atoms with Crippen LogP contribution in [0.15, 0.2) is 53.3 Å². The highest BCUT2D eigenvalue weighted by atomic mass is 32.2. The molecule has 0 saturated carbocycles. The number of para-hydroxylation sites is 1. The van der Waals surface area contributed by atoms with Crippen LogP contribution < -0.4 is 15.6 Å². The molecular formula is C21H19N3O4S. The van der Waals surface area contributed by atoms with Gasteiger partial charge in [0.15, 0.2) is 0 Å². The van der Waals surface area contributed by atoms with Gasteiger partial charge in [-0.1, -0.05) is 24.3 Å². The van der Waals surface area contributed by atoms with Gasteiger partial charge in [-0.2, -0.15) is 0 Å². The topological polar surface area (TPSA) is 90.3 Å². The highest BCUT2D eigenvalue weighted by molar-refractivity contribution is 8.16. The summed E-state index contributed by atoms with van der Waals surface area (Å²) in [5.41, 5.74) is 1.45. The minimum atomic E-state index is -0.799. The molecule has 148 valence electrons. The number of nitrogens with zero attached hydrogens (tertiary/aromatic N) is 2. The molecular weight excluding hydrogens is 390 g/mol. The van der Waals surface area contributed by atoms with E-state index in [1.54, 1.807) is 38.2 Å². The quantitative estimate of drug-likeness (QED) is 0.697. The van der Waals surface area contributed by atoms with E-state index in [1.807, 2.05) is 24.3 Å². The first-order valence-corrected chi connectivity index (χ1v) is 9.88. The fraction of sp³-hybridized carbons (Fsp3) is 0.238. The zero-order valence-corrected chi connectivity index (χ0v) is 16.8. The Balaban J connectivity index is 1.47. The largest absolute Gasteiger partial charge is 0.486 e. The van der Waals surface area contributed by atoms with Gasteiger partial charge in [-0.05, 0) is 54.9 Å². The molecule has 0 aliphatic carbocycles. The van der Waals surface area contributed by atoms with Crippen LogP contribution in [0.3, 0.4) is 0 Å². The molecule has 2 heterocycles. The predicted octanol–water partition coefficient (Wildman–Crippen LogP) is 2.80. The molecule has 0 spiro atoms. The normalized spacial score (nSPS) is 18.8. The van der Waals surface area contributed by atoms with Crippen LogP contribution in [0.1, 0.15) is 18.3 Å². The van der Waals surface area contributed by atoms with Crippen molar-refractivity contribution in [3.8, 4) is 5.75 Å². The number of amides is 2. The number of fused-ring (bicyclic) bond motifs is 1. The van der Waals surface area contributed by atoms with Gasteiger partial charge in [0.05, 0.1) is 10.9 Å². The molecule has 4 rings (SSSR count). The molecule has 1 N–H and O–H groups in total. The van der Waals surface area contributed by atoms with Crippen molar-refractivity contribution in [2.24, 2.45) is 7.05 Å². The second-order valence-corrected chi connectivity index (χ2v) is 8.57. The number of aromatic nitrogens is 2. The van der Waals surface area contributed by atoms with Gasteiger partial charge in [0.2, 0.25) is 5.91 Å². The van der Waals surface area contributed by atoms with Gasteiger partial charge in [0.1, 0.15) is 22.9 Å². The monoisotopic (exact) mass is 409 g/mol. The number of ether oxygens (including phenoxy) is 1. The van der Waals surface area contributed by atoms with Crippen LogP contribution in [0.4, 0.5) is 4.79 Å². The predicted molar refractivity (Wildman–Crippen MR) is 111 cm³/mol. The Morgan fingerprint density at radius 2 is 1.83 bits per heavy atom. The smallest absolute Gasteiger partial charge is 0.286 e. The van der Waals surface area contributed by atoms with E-state index in [0.717, 1.165) is 17.3 Å². The van der Waals surface area contributed by atoms with E-state index in [0.29, 0.717) is 28.9 Å². The first-order chi connectivity index (χ1) is 13.9. The lowest BCUT2D eigenvalue weighted by Crippen LogP contribution is -2.35. The van der Waals surface area contributed by atoms with Crippen molar-refractivity contribution in [2.45, 2.75) is 24.7 Å². The summed E-state index contributed by atoms with van der Waals surface area (Å²) in [6, 6.07) is 14.5. The van der Waals surface area contributed by atoms with Crippen molar-refractivity contribution >= 4 is 33.8 Å². The summed E-state index contributed by atoms with van der Waals surface area (Å²) in [4.78, 5) is 40.4. The fourth-order valence-electron chi connectivity index (χ4n) is 3.25. The Morgan fingerprint density at radius 3 is 2.52 bits per heavy atom. The molecule has 7 nitrogen and oxygen atoms in total. The second-order valence-electron chi connectivity index (χ2n) is 7.09. The molecule has 0 unspecified atom stereocenters. The minimum absolute atomic E-state index is 0.111. The number of carbonyl (C=O) groups is 2. The minimum Gasteiger partial charge on any atom is -0.486 e. The Kier molecular flexibility index (Phi) is 4.87. The standard InChI is InChI=1S/C21H19N3O4S/c1-21(19(26)23-20(27)29-21)11-13-7-9-14(10-8-13)28-12-17-22-16-6-4-3-5-15(16)18(25)24(17)2/h3-10H,11-12H2,1-2H3,(H,23,26,27)/t21-/m0/s1. The SMILES string of the molecule is Cn1c(COc2ccc(C[C@]3(C)SC(=O)NC3=O)cc2)nc2ccccc2c1=O. The fourth-order valence-corrected chi connectivity index (χ4v) is 4.19. The number of imide groups is 1. The van der Waals surface area contributed by atoms with Gasteiger partial charge < -0.3 is 4.74 Å². The molecule has 1 aliphatic rings. The van der Waals surface area contributed by atoms with Crippen molar-refractivity contribution in [1.82, 2.24) is 14.9 Å². The van der Waals surface area contributed by atoms with Crippen molar-refractivity contribution in [3.05, 3.63) is 70.3 Å². The summed E-state index contributed by atoms with van der Waals surface area (Å²) in [5.74, 6) is 0.889. The molecule has 2 amide bonds. The molecule has 8 heteroatoms. The second kappa shape index (κ2) is 7.36. The summed E-state index contributed by atoms with van der Waals surface area (Å²) in [7, 11) is 1.68. The first kappa shape index (κ1) is 19.2. The number of nitrogens with one attached hydrogen (secondary N) is 1. The van der Waals surface area contributed by atoms with E-state index in [9.17, 15) is 14.4 Å². The lowest BCUT2D eigenvalue weighted by atomic mass is 9.99. The third-order valence-electron chi connectivity index (χ3n) is 4.92. The third-order valence-corrected chi connectivity index (χ3v) is 5.99. The van der Waals surface area contributed by atoms with Crippen LogP contribution >= 0.6 is 11.8 Å². The van der Waals surface area contributed by atoms with E-state index in [4.69, 9.17) is 4.74 Å². The molecule has 1 aliphatic heterocycles. The van der Waals surface area contributed by atoms with Crippen LogP contribution in [0.5, 0.6) is 5.75 Å². The van der Waals surface area contributed by atoms with Crippen LogP contribution in [0.25, 0.3) is 10.9 Å². The van der Waals surface area contributed by atoms with E-state index in [2.05, 4.69) is 10.3 Å². The average molecular weight is 409 g/mol. The Bertz CT molecular complexity index is 1170. The lowest BCUT2D eigenvalue weighted by molar-refractivity contribution is -0.121. The molecule has 1 aromatic heterocycles. The van der Waals surface area contributed by atoms with Gasteiger partial charge in [-0.3, -0.25) is 24.3 Å². The summed E-state index contributed by atoms with van der Waals surface area (Å²) in [6.07, 6.45) is 0.441. The number of rotatable bonds is 5. The Labute approximate surface area is 171 Å². The maximum absolute atomic E-state index is 12.5.